The van der Waals surface area contributed by atoms with Gasteiger partial charge in [0.1, 0.15) is 5.75 Å². The first-order valence-corrected chi connectivity index (χ1v) is 3.19. The number of hydrogen-bond donors (Lipinski definition) is 1. The summed E-state index contributed by atoms with van der Waals surface area (Å²) in [7, 11) is 3.41. The van der Waals surface area contributed by atoms with Crippen LogP contribution in [0.2, 0.25) is 0 Å². The van der Waals surface area contributed by atoms with Crippen molar-refractivity contribution in [3.8, 4) is 5.75 Å². The molecule has 0 bridgehead atoms. The van der Waals surface area contributed by atoms with E-state index < -0.39 is 0 Å². The SMILES string of the molecule is COc1cc[n+](C)c(N=N)c1. The van der Waals surface area contributed by atoms with E-state index >= 15 is 0 Å². The minimum atomic E-state index is 0.573. The molecule has 0 fully saturated rings. The van der Waals surface area contributed by atoms with Gasteiger partial charge in [0, 0.05) is 6.07 Å². The summed E-state index contributed by atoms with van der Waals surface area (Å²) >= 11 is 0. The fourth-order valence-electron chi connectivity index (χ4n) is 0.777. The van der Waals surface area contributed by atoms with Crippen molar-refractivity contribution in [2.75, 3.05) is 7.11 Å². The van der Waals surface area contributed by atoms with Gasteiger partial charge in [-0.15, -0.1) is 0 Å². The van der Waals surface area contributed by atoms with E-state index in [4.69, 9.17) is 10.3 Å². The van der Waals surface area contributed by atoms with Crippen LogP contribution in [0.25, 0.3) is 0 Å². The highest BCUT2D eigenvalue weighted by atomic mass is 16.5. The molecule has 58 valence electrons. The summed E-state index contributed by atoms with van der Waals surface area (Å²) in [6, 6.07) is 3.52. The maximum absolute atomic E-state index is 6.80. The van der Waals surface area contributed by atoms with E-state index in [0.29, 0.717) is 11.6 Å². The third kappa shape index (κ3) is 1.52. The van der Waals surface area contributed by atoms with Gasteiger partial charge < -0.3 is 4.74 Å². The molecule has 0 amide bonds. The van der Waals surface area contributed by atoms with Gasteiger partial charge in [-0.05, 0) is 0 Å². The number of ether oxygens (including phenoxy) is 1. The van der Waals surface area contributed by atoms with Crippen LogP contribution in [-0.2, 0) is 7.05 Å². The van der Waals surface area contributed by atoms with Crippen molar-refractivity contribution in [1.29, 1.82) is 5.53 Å². The van der Waals surface area contributed by atoms with Crippen molar-refractivity contribution < 1.29 is 9.30 Å². The number of hydrogen-bond acceptors (Lipinski definition) is 3. The molecule has 0 aliphatic rings. The standard InChI is InChI=1S/C7H10N3O/c1-10-4-3-6(11-2)5-7(10)9-8/h3-5,8H,1-2H3/q+1. The molecule has 0 unspecified atom stereocenters. The maximum Gasteiger partial charge on any atom is 0.353 e. The first kappa shape index (κ1) is 7.65. The Morgan fingerprint density at radius 2 is 2.36 bits per heavy atom. The van der Waals surface area contributed by atoms with Gasteiger partial charge in [-0.1, -0.05) is 5.53 Å². The third-order valence-corrected chi connectivity index (χ3v) is 1.45. The molecule has 11 heavy (non-hydrogen) atoms. The van der Waals surface area contributed by atoms with Crippen molar-refractivity contribution >= 4 is 5.82 Å². The van der Waals surface area contributed by atoms with E-state index in [-0.39, 0.29) is 0 Å². The van der Waals surface area contributed by atoms with Crippen LogP contribution in [0.1, 0.15) is 0 Å². The second-order valence-corrected chi connectivity index (χ2v) is 2.15. The zero-order valence-electron chi connectivity index (χ0n) is 6.53. The molecule has 1 heterocycles. The van der Waals surface area contributed by atoms with E-state index in [9.17, 15) is 0 Å². The van der Waals surface area contributed by atoms with Crippen LogP contribution in [0.15, 0.2) is 23.4 Å². The Morgan fingerprint density at radius 1 is 1.64 bits per heavy atom. The molecule has 4 heteroatoms. The average Bonchev–Trinajstić information content (AvgIpc) is 2.05. The molecular formula is C7H10N3O+. The number of nitrogens with one attached hydrogen (secondary N) is 1. The largest absolute Gasteiger partial charge is 0.496 e. The minimum absolute atomic E-state index is 0.573. The van der Waals surface area contributed by atoms with Gasteiger partial charge in [0.25, 0.3) is 0 Å². The molecule has 0 saturated heterocycles. The van der Waals surface area contributed by atoms with Gasteiger partial charge in [0.15, 0.2) is 0 Å². The second-order valence-electron chi connectivity index (χ2n) is 2.15. The van der Waals surface area contributed by atoms with Gasteiger partial charge in [0.05, 0.1) is 31.5 Å². The van der Waals surface area contributed by atoms with Crippen molar-refractivity contribution in [2.45, 2.75) is 0 Å². The molecule has 0 aliphatic heterocycles. The van der Waals surface area contributed by atoms with E-state index in [2.05, 4.69) is 5.11 Å². The Balaban J connectivity index is 3.12. The fourth-order valence-corrected chi connectivity index (χ4v) is 0.777. The predicted molar refractivity (Wildman–Crippen MR) is 39.0 cm³/mol. The zero-order valence-corrected chi connectivity index (χ0v) is 6.53. The Morgan fingerprint density at radius 3 is 2.91 bits per heavy atom. The van der Waals surface area contributed by atoms with Gasteiger partial charge in [-0.3, -0.25) is 0 Å². The monoisotopic (exact) mass is 152 g/mol. The molecule has 0 spiro atoms. The summed E-state index contributed by atoms with van der Waals surface area (Å²) in [5, 5.41) is 3.31. The van der Waals surface area contributed by atoms with E-state index in [1.165, 1.54) is 0 Å². The lowest BCUT2D eigenvalue weighted by Gasteiger charge is -1.97. The number of methoxy groups -OCH3 is 1. The summed E-state index contributed by atoms with van der Waals surface area (Å²) < 4.78 is 6.70. The third-order valence-electron chi connectivity index (χ3n) is 1.45. The lowest BCUT2D eigenvalue weighted by Crippen LogP contribution is -2.26. The second kappa shape index (κ2) is 3.09. The zero-order chi connectivity index (χ0) is 8.27. The molecule has 4 nitrogen and oxygen atoms in total. The van der Waals surface area contributed by atoms with Crippen LogP contribution < -0.4 is 9.30 Å². The van der Waals surface area contributed by atoms with Gasteiger partial charge >= 0.3 is 5.82 Å². The Bertz CT molecular complexity index is 272. The molecule has 1 aromatic heterocycles. The smallest absolute Gasteiger partial charge is 0.353 e. The van der Waals surface area contributed by atoms with Crippen LogP contribution in [0.3, 0.4) is 0 Å². The van der Waals surface area contributed by atoms with E-state index in [1.807, 2.05) is 13.1 Å². The number of nitrogens with zero attached hydrogens (tertiary/aromatic N) is 2. The highest BCUT2D eigenvalue weighted by Gasteiger charge is 2.05. The molecule has 0 saturated carbocycles. The van der Waals surface area contributed by atoms with Crippen LogP contribution in [-0.4, -0.2) is 7.11 Å². The Kier molecular flexibility index (Phi) is 2.15. The van der Waals surface area contributed by atoms with Gasteiger partial charge in [0.2, 0.25) is 0 Å². The van der Waals surface area contributed by atoms with E-state index in [1.54, 1.807) is 23.9 Å². The van der Waals surface area contributed by atoms with Crippen LogP contribution in [0.4, 0.5) is 5.82 Å². The Labute approximate surface area is 64.9 Å². The predicted octanol–water partition coefficient (Wildman–Crippen LogP) is 1.18. The summed E-state index contributed by atoms with van der Waals surface area (Å²) in [6.45, 7) is 0. The summed E-state index contributed by atoms with van der Waals surface area (Å²) in [6.07, 6.45) is 1.80. The quantitative estimate of drug-likeness (QED) is 0.502. The normalized spacial score (nSPS) is 9.27. The minimum Gasteiger partial charge on any atom is -0.496 e. The van der Waals surface area contributed by atoms with Gasteiger partial charge in [-0.25, -0.2) is 4.57 Å². The fraction of sp³-hybridized carbons (Fsp3) is 0.286. The van der Waals surface area contributed by atoms with Crippen molar-refractivity contribution in [2.24, 2.45) is 12.2 Å². The average molecular weight is 152 g/mol. The highest BCUT2D eigenvalue weighted by molar-refractivity contribution is 5.29. The first-order valence-electron chi connectivity index (χ1n) is 3.19. The molecule has 1 aromatic rings. The van der Waals surface area contributed by atoms with Crippen LogP contribution >= 0.6 is 0 Å². The summed E-state index contributed by atoms with van der Waals surface area (Å²) in [4.78, 5) is 0. The maximum atomic E-state index is 6.80. The number of aromatic nitrogens is 1. The number of pyridine rings is 1. The topological polar surface area (TPSA) is 49.3 Å². The van der Waals surface area contributed by atoms with Crippen LogP contribution in [0.5, 0.6) is 5.75 Å². The highest BCUT2D eigenvalue weighted by Crippen LogP contribution is 2.13. The lowest BCUT2D eigenvalue weighted by atomic mass is 10.4. The molecule has 0 radical (unpaired) electrons. The first-order chi connectivity index (χ1) is 5.27. The summed E-state index contributed by atoms with van der Waals surface area (Å²) in [5.41, 5.74) is 6.80. The number of aryl methyl sites for hydroxylation is 1. The molecule has 0 atom stereocenters. The van der Waals surface area contributed by atoms with E-state index in [0.717, 1.165) is 0 Å². The molecule has 0 aromatic carbocycles. The Hall–Kier alpha value is -1.45. The molecular weight excluding hydrogens is 142 g/mol. The molecule has 1 N–H and O–H groups in total. The molecule has 1 rings (SSSR count). The van der Waals surface area contributed by atoms with Crippen LogP contribution in [0, 0.1) is 5.53 Å². The summed E-state index contributed by atoms with van der Waals surface area (Å²) in [5.74, 6) is 1.29. The van der Waals surface area contributed by atoms with Gasteiger partial charge in [-0.2, -0.15) is 0 Å². The van der Waals surface area contributed by atoms with Crippen molar-refractivity contribution in [3.63, 3.8) is 0 Å². The molecule has 0 aliphatic carbocycles. The van der Waals surface area contributed by atoms with Crippen molar-refractivity contribution in [3.05, 3.63) is 18.3 Å². The lowest BCUT2D eigenvalue weighted by molar-refractivity contribution is -0.658. The number of rotatable bonds is 2. The van der Waals surface area contributed by atoms with Crippen molar-refractivity contribution in [1.82, 2.24) is 0 Å².